The summed E-state index contributed by atoms with van der Waals surface area (Å²) in [5.74, 6) is -0.119. The van der Waals surface area contributed by atoms with Crippen LogP contribution in [-0.4, -0.2) is 43.9 Å². The van der Waals surface area contributed by atoms with E-state index in [-0.39, 0.29) is 12.5 Å². The van der Waals surface area contributed by atoms with Crippen LogP contribution < -0.4 is 10.6 Å². The molecule has 5 heteroatoms. The van der Waals surface area contributed by atoms with Crippen molar-refractivity contribution in [2.75, 3.05) is 38.2 Å². The Morgan fingerprint density at radius 1 is 1.26 bits per heavy atom. The molecular formula is C14H22N2O3. The fourth-order valence-corrected chi connectivity index (χ4v) is 1.59. The third-order valence-corrected chi connectivity index (χ3v) is 2.50. The van der Waals surface area contributed by atoms with E-state index in [1.165, 1.54) is 0 Å². The zero-order valence-electron chi connectivity index (χ0n) is 11.3. The van der Waals surface area contributed by atoms with Crippen LogP contribution in [0.5, 0.6) is 0 Å². The summed E-state index contributed by atoms with van der Waals surface area (Å²) in [4.78, 5) is 12.0. The molecule has 0 radical (unpaired) electrons. The van der Waals surface area contributed by atoms with Crippen molar-refractivity contribution in [1.29, 1.82) is 0 Å². The van der Waals surface area contributed by atoms with E-state index >= 15 is 0 Å². The summed E-state index contributed by atoms with van der Waals surface area (Å²) < 4.78 is 5.08. The molecular weight excluding hydrogens is 244 g/mol. The number of benzene rings is 1. The van der Waals surface area contributed by atoms with Crippen LogP contribution in [0, 0.1) is 0 Å². The lowest BCUT2D eigenvalue weighted by molar-refractivity contribution is 0.0838. The molecule has 0 bridgehead atoms. The topological polar surface area (TPSA) is 70.6 Å². The van der Waals surface area contributed by atoms with Gasteiger partial charge in [0, 0.05) is 18.8 Å². The lowest BCUT2D eigenvalue weighted by atomic mass is 10.1. The normalized spacial score (nSPS) is 10.2. The Morgan fingerprint density at radius 3 is 2.79 bits per heavy atom. The number of aliphatic hydroxyl groups is 1. The predicted octanol–water partition coefficient (Wildman–Crippen LogP) is 1.25. The Kier molecular flexibility index (Phi) is 7.62. The van der Waals surface area contributed by atoms with Gasteiger partial charge in [-0.05, 0) is 18.6 Å². The zero-order valence-corrected chi connectivity index (χ0v) is 11.3. The average Bonchev–Trinajstić information content (AvgIpc) is 2.45. The van der Waals surface area contributed by atoms with E-state index in [1.807, 2.05) is 18.2 Å². The van der Waals surface area contributed by atoms with Gasteiger partial charge in [0.15, 0.2) is 0 Å². The maximum absolute atomic E-state index is 12.0. The molecule has 0 aliphatic heterocycles. The molecule has 5 nitrogen and oxygen atoms in total. The number of carbonyl (C=O) groups excluding carboxylic acids is 1. The van der Waals surface area contributed by atoms with Crippen LogP contribution in [0.4, 0.5) is 5.69 Å². The second kappa shape index (κ2) is 9.35. The Labute approximate surface area is 114 Å². The second-order valence-electron chi connectivity index (χ2n) is 4.06. The second-order valence-corrected chi connectivity index (χ2v) is 4.06. The number of nitrogens with one attached hydrogen (secondary N) is 2. The number of anilines is 1. The van der Waals surface area contributed by atoms with E-state index in [1.54, 1.807) is 6.07 Å². The summed E-state index contributed by atoms with van der Waals surface area (Å²) in [5.41, 5.74) is 1.48. The molecule has 0 aromatic heterocycles. The van der Waals surface area contributed by atoms with Gasteiger partial charge in [-0.2, -0.15) is 0 Å². The van der Waals surface area contributed by atoms with Crippen LogP contribution in [0.3, 0.4) is 0 Å². The molecule has 1 rings (SSSR count). The maximum atomic E-state index is 12.0. The number of aliphatic hydroxyl groups excluding tert-OH is 1. The maximum Gasteiger partial charge on any atom is 0.253 e. The first-order valence-electron chi connectivity index (χ1n) is 6.59. The number of rotatable bonds is 9. The molecule has 0 saturated carbocycles. The molecule has 0 aliphatic carbocycles. The number of para-hydroxylation sites is 1. The van der Waals surface area contributed by atoms with E-state index in [4.69, 9.17) is 9.84 Å². The molecule has 0 fully saturated rings. The molecule has 3 N–H and O–H groups in total. The first-order chi connectivity index (χ1) is 9.29. The summed E-state index contributed by atoms with van der Waals surface area (Å²) in [6, 6.07) is 7.43. The van der Waals surface area contributed by atoms with Gasteiger partial charge in [0.1, 0.15) is 0 Å². The van der Waals surface area contributed by atoms with E-state index in [2.05, 4.69) is 17.6 Å². The van der Waals surface area contributed by atoms with Crippen molar-refractivity contribution in [2.24, 2.45) is 0 Å². The van der Waals surface area contributed by atoms with Crippen LogP contribution in [0.2, 0.25) is 0 Å². The molecule has 1 amide bonds. The Morgan fingerprint density at radius 2 is 2.05 bits per heavy atom. The van der Waals surface area contributed by atoms with Gasteiger partial charge < -0.3 is 20.5 Å². The van der Waals surface area contributed by atoms with Crippen LogP contribution in [0.1, 0.15) is 23.7 Å². The van der Waals surface area contributed by atoms with E-state index in [0.717, 1.165) is 18.7 Å². The van der Waals surface area contributed by atoms with Gasteiger partial charge in [0.25, 0.3) is 5.91 Å². The van der Waals surface area contributed by atoms with Crippen molar-refractivity contribution in [3.8, 4) is 0 Å². The monoisotopic (exact) mass is 266 g/mol. The van der Waals surface area contributed by atoms with Crippen molar-refractivity contribution in [3.05, 3.63) is 29.8 Å². The van der Waals surface area contributed by atoms with Crippen molar-refractivity contribution in [1.82, 2.24) is 5.32 Å². The summed E-state index contributed by atoms with van der Waals surface area (Å²) in [6.07, 6.45) is 1.00. The van der Waals surface area contributed by atoms with E-state index < -0.39 is 0 Å². The molecule has 0 saturated heterocycles. The average molecular weight is 266 g/mol. The minimum Gasteiger partial charge on any atom is -0.394 e. The van der Waals surface area contributed by atoms with Gasteiger partial charge in [-0.3, -0.25) is 4.79 Å². The molecule has 0 spiro atoms. The Balaban J connectivity index is 2.46. The zero-order chi connectivity index (χ0) is 13.9. The number of hydrogen-bond acceptors (Lipinski definition) is 4. The third kappa shape index (κ3) is 5.72. The molecule has 0 aliphatic rings. The highest BCUT2D eigenvalue weighted by Crippen LogP contribution is 2.14. The standard InChI is InChI=1S/C14H22N2O3/c1-2-7-15-13-6-4-3-5-12(13)14(18)16-8-10-19-11-9-17/h3-6,15,17H,2,7-11H2,1H3,(H,16,18). The van der Waals surface area contributed by atoms with Crippen molar-refractivity contribution >= 4 is 11.6 Å². The van der Waals surface area contributed by atoms with Crippen LogP contribution >= 0.6 is 0 Å². The highest BCUT2D eigenvalue weighted by molar-refractivity contribution is 5.99. The SMILES string of the molecule is CCCNc1ccccc1C(=O)NCCOCCO. The molecule has 0 atom stereocenters. The Hall–Kier alpha value is -1.59. The van der Waals surface area contributed by atoms with Crippen molar-refractivity contribution in [2.45, 2.75) is 13.3 Å². The highest BCUT2D eigenvalue weighted by Gasteiger charge is 2.09. The fraction of sp³-hybridized carbons (Fsp3) is 0.500. The molecule has 106 valence electrons. The first kappa shape index (κ1) is 15.5. The minimum absolute atomic E-state index is 0.00226. The van der Waals surface area contributed by atoms with E-state index in [9.17, 15) is 4.79 Å². The summed E-state index contributed by atoms with van der Waals surface area (Å²) >= 11 is 0. The molecule has 1 aromatic rings. The lowest BCUT2D eigenvalue weighted by Crippen LogP contribution is -2.28. The smallest absolute Gasteiger partial charge is 0.253 e. The van der Waals surface area contributed by atoms with Crippen molar-refractivity contribution < 1.29 is 14.6 Å². The van der Waals surface area contributed by atoms with Gasteiger partial charge in [-0.25, -0.2) is 0 Å². The Bertz CT molecular complexity index is 383. The molecule has 19 heavy (non-hydrogen) atoms. The van der Waals surface area contributed by atoms with Gasteiger partial charge in [-0.1, -0.05) is 19.1 Å². The fourth-order valence-electron chi connectivity index (χ4n) is 1.59. The first-order valence-corrected chi connectivity index (χ1v) is 6.59. The van der Waals surface area contributed by atoms with E-state index in [0.29, 0.717) is 25.3 Å². The van der Waals surface area contributed by atoms with Crippen LogP contribution in [0.15, 0.2) is 24.3 Å². The molecule has 0 unspecified atom stereocenters. The van der Waals surface area contributed by atoms with Gasteiger partial charge in [0.05, 0.1) is 25.4 Å². The van der Waals surface area contributed by atoms with Crippen LogP contribution in [-0.2, 0) is 4.74 Å². The molecule has 0 heterocycles. The van der Waals surface area contributed by atoms with Gasteiger partial charge >= 0.3 is 0 Å². The predicted molar refractivity (Wildman–Crippen MR) is 75.5 cm³/mol. The third-order valence-electron chi connectivity index (χ3n) is 2.50. The quantitative estimate of drug-likeness (QED) is 0.588. The number of carbonyl (C=O) groups is 1. The number of hydrogen-bond donors (Lipinski definition) is 3. The summed E-state index contributed by atoms with van der Waals surface area (Å²) in [6.45, 7) is 4.04. The minimum atomic E-state index is -0.119. The highest BCUT2D eigenvalue weighted by atomic mass is 16.5. The largest absolute Gasteiger partial charge is 0.394 e. The lowest BCUT2D eigenvalue weighted by Gasteiger charge is -2.11. The van der Waals surface area contributed by atoms with Crippen LogP contribution in [0.25, 0.3) is 0 Å². The van der Waals surface area contributed by atoms with Gasteiger partial charge in [0.2, 0.25) is 0 Å². The van der Waals surface area contributed by atoms with Crippen molar-refractivity contribution in [3.63, 3.8) is 0 Å². The number of ether oxygens (including phenoxy) is 1. The molecule has 1 aromatic carbocycles. The summed E-state index contributed by atoms with van der Waals surface area (Å²) in [7, 11) is 0. The number of amides is 1. The van der Waals surface area contributed by atoms with Gasteiger partial charge in [-0.15, -0.1) is 0 Å². The summed E-state index contributed by atoms with van der Waals surface area (Å²) in [5, 5.41) is 14.6.